The van der Waals surface area contributed by atoms with Crippen LogP contribution in [0.5, 0.6) is 0 Å². The molecule has 0 aliphatic carbocycles. The summed E-state index contributed by atoms with van der Waals surface area (Å²) in [6.07, 6.45) is 4.96. The van der Waals surface area contributed by atoms with E-state index in [9.17, 15) is 4.79 Å². The van der Waals surface area contributed by atoms with E-state index in [-0.39, 0.29) is 6.61 Å². The average molecular weight is 355 g/mol. The molecular weight excluding hydrogens is 344 g/mol. The maximum Gasteiger partial charge on any atom is 0.338 e. The third-order valence-electron chi connectivity index (χ3n) is 3.51. The Morgan fingerprint density at radius 3 is 2.96 bits per heavy atom. The van der Waals surface area contributed by atoms with Gasteiger partial charge in [0.15, 0.2) is 0 Å². The van der Waals surface area contributed by atoms with Crippen LogP contribution in [-0.4, -0.2) is 35.6 Å². The molecule has 0 N–H and O–H groups in total. The number of tetrazole rings is 1. The number of benzene rings is 1. The molecule has 25 heavy (non-hydrogen) atoms. The van der Waals surface area contributed by atoms with Crippen LogP contribution >= 0.6 is 11.6 Å². The van der Waals surface area contributed by atoms with E-state index >= 15 is 0 Å². The average Bonchev–Trinajstić information content (AvgIpc) is 3.29. The van der Waals surface area contributed by atoms with E-state index in [1.54, 1.807) is 53.2 Å². The molecular formula is C16H11ClN6O2. The number of nitrogens with zero attached hydrogens (tertiary/aromatic N) is 6. The van der Waals surface area contributed by atoms with Crippen LogP contribution in [0, 0.1) is 0 Å². The van der Waals surface area contributed by atoms with Gasteiger partial charge in [0, 0.05) is 12.4 Å². The summed E-state index contributed by atoms with van der Waals surface area (Å²) in [5.74, 6) is -0.454. The Bertz CT molecular complexity index is 1040. The van der Waals surface area contributed by atoms with E-state index in [1.165, 1.54) is 11.0 Å². The van der Waals surface area contributed by atoms with Gasteiger partial charge in [-0.15, -0.1) is 5.10 Å². The molecule has 3 aromatic heterocycles. The number of imidazole rings is 1. The molecule has 124 valence electrons. The second-order valence-corrected chi connectivity index (χ2v) is 5.66. The highest BCUT2D eigenvalue weighted by Crippen LogP contribution is 2.14. The highest BCUT2D eigenvalue weighted by molar-refractivity contribution is 6.30. The summed E-state index contributed by atoms with van der Waals surface area (Å²) in [6, 6.07) is 10.4. The van der Waals surface area contributed by atoms with Crippen molar-refractivity contribution in [1.29, 1.82) is 0 Å². The van der Waals surface area contributed by atoms with E-state index in [2.05, 4.69) is 20.5 Å². The molecule has 0 fully saturated rings. The second-order valence-electron chi connectivity index (χ2n) is 5.23. The van der Waals surface area contributed by atoms with Gasteiger partial charge in [0.2, 0.25) is 0 Å². The van der Waals surface area contributed by atoms with Gasteiger partial charge in [-0.05, 0) is 40.8 Å². The number of hydrogen-bond donors (Lipinski definition) is 0. The van der Waals surface area contributed by atoms with Crippen molar-refractivity contribution >= 4 is 23.2 Å². The highest BCUT2D eigenvalue weighted by atomic mass is 35.5. The number of fused-ring (bicyclic) bond motifs is 1. The molecule has 0 saturated heterocycles. The van der Waals surface area contributed by atoms with Crippen molar-refractivity contribution in [2.45, 2.75) is 6.61 Å². The van der Waals surface area contributed by atoms with E-state index in [4.69, 9.17) is 16.3 Å². The summed E-state index contributed by atoms with van der Waals surface area (Å²) in [5.41, 5.74) is 2.44. The van der Waals surface area contributed by atoms with Crippen LogP contribution in [0.15, 0.2) is 55.1 Å². The maximum absolute atomic E-state index is 12.3. The van der Waals surface area contributed by atoms with Gasteiger partial charge in [0.25, 0.3) is 0 Å². The summed E-state index contributed by atoms with van der Waals surface area (Å²) >= 11 is 5.94. The van der Waals surface area contributed by atoms with Gasteiger partial charge in [-0.1, -0.05) is 17.7 Å². The lowest BCUT2D eigenvalue weighted by Gasteiger charge is -2.05. The first-order valence-corrected chi connectivity index (χ1v) is 7.70. The minimum absolute atomic E-state index is 0.0627. The molecule has 0 aliphatic heterocycles. The van der Waals surface area contributed by atoms with Crippen LogP contribution in [0.3, 0.4) is 0 Å². The Morgan fingerprint density at radius 1 is 1.20 bits per heavy atom. The molecule has 0 saturated carbocycles. The SMILES string of the molecule is O=C(OCc1cn2cc(Cl)ccc2n1)c1cccc(-n2cnnn2)c1. The third kappa shape index (κ3) is 3.20. The fourth-order valence-electron chi connectivity index (χ4n) is 2.36. The van der Waals surface area contributed by atoms with Crippen molar-refractivity contribution in [2.24, 2.45) is 0 Å². The lowest BCUT2D eigenvalue weighted by Crippen LogP contribution is -2.06. The first kappa shape index (κ1) is 15.3. The van der Waals surface area contributed by atoms with Gasteiger partial charge in [-0.2, -0.15) is 0 Å². The predicted molar refractivity (Wildman–Crippen MR) is 88.5 cm³/mol. The monoisotopic (exact) mass is 354 g/mol. The van der Waals surface area contributed by atoms with Crippen LogP contribution in [0.2, 0.25) is 5.02 Å². The Morgan fingerprint density at radius 2 is 2.12 bits per heavy atom. The molecule has 0 bridgehead atoms. The smallest absolute Gasteiger partial charge is 0.338 e. The summed E-state index contributed by atoms with van der Waals surface area (Å²) in [4.78, 5) is 16.6. The third-order valence-corrected chi connectivity index (χ3v) is 3.73. The van der Waals surface area contributed by atoms with E-state index in [0.29, 0.717) is 22.0 Å². The minimum atomic E-state index is -0.454. The molecule has 0 unspecified atom stereocenters. The number of pyridine rings is 1. The normalized spacial score (nSPS) is 10.9. The van der Waals surface area contributed by atoms with E-state index in [1.807, 2.05) is 0 Å². The molecule has 0 radical (unpaired) electrons. The molecule has 0 spiro atoms. The molecule has 4 rings (SSSR count). The standard InChI is InChI=1S/C16H11ClN6O2/c17-12-4-5-15-19-13(8-22(15)7-12)9-25-16(24)11-2-1-3-14(6-11)23-10-18-20-21-23/h1-8,10H,9H2. The number of hydrogen-bond acceptors (Lipinski definition) is 6. The fraction of sp³-hybridized carbons (Fsp3) is 0.0625. The fourth-order valence-corrected chi connectivity index (χ4v) is 2.53. The molecule has 8 nitrogen and oxygen atoms in total. The zero-order valence-corrected chi connectivity index (χ0v) is 13.5. The molecule has 0 atom stereocenters. The first-order chi connectivity index (χ1) is 12.2. The molecule has 4 aromatic rings. The first-order valence-electron chi connectivity index (χ1n) is 7.33. The number of carbonyl (C=O) groups excluding carboxylic acids is 1. The van der Waals surface area contributed by atoms with Gasteiger partial charge >= 0.3 is 5.97 Å². The Labute approximate surface area is 146 Å². The zero-order chi connectivity index (χ0) is 17.2. The molecule has 1 aromatic carbocycles. The van der Waals surface area contributed by atoms with Gasteiger partial charge in [0.1, 0.15) is 18.6 Å². The van der Waals surface area contributed by atoms with Crippen molar-refractivity contribution in [3.8, 4) is 5.69 Å². The van der Waals surface area contributed by atoms with Crippen molar-refractivity contribution < 1.29 is 9.53 Å². The molecule has 9 heteroatoms. The second kappa shape index (κ2) is 6.33. The quantitative estimate of drug-likeness (QED) is 0.523. The number of ether oxygens (including phenoxy) is 1. The highest BCUT2D eigenvalue weighted by Gasteiger charge is 2.11. The van der Waals surface area contributed by atoms with Crippen LogP contribution in [-0.2, 0) is 11.3 Å². The number of rotatable bonds is 4. The zero-order valence-electron chi connectivity index (χ0n) is 12.8. The largest absolute Gasteiger partial charge is 0.456 e. The summed E-state index contributed by atoms with van der Waals surface area (Å²) in [7, 11) is 0. The summed E-state index contributed by atoms with van der Waals surface area (Å²) in [5, 5.41) is 11.5. The van der Waals surface area contributed by atoms with Gasteiger partial charge in [-0.3, -0.25) is 0 Å². The van der Waals surface area contributed by atoms with Gasteiger partial charge in [0.05, 0.1) is 22.0 Å². The number of esters is 1. The van der Waals surface area contributed by atoms with Crippen molar-refractivity contribution in [3.05, 3.63) is 71.4 Å². The van der Waals surface area contributed by atoms with Crippen LogP contribution in [0.25, 0.3) is 11.3 Å². The predicted octanol–water partition coefficient (Wildman–Crippen LogP) is 2.32. The lowest BCUT2D eigenvalue weighted by atomic mass is 10.2. The Hall–Kier alpha value is -3.26. The minimum Gasteiger partial charge on any atom is -0.456 e. The van der Waals surface area contributed by atoms with E-state index < -0.39 is 5.97 Å². The number of aromatic nitrogens is 6. The Kier molecular flexibility index (Phi) is 3.87. The van der Waals surface area contributed by atoms with E-state index in [0.717, 1.165) is 5.65 Å². The van der Waals surface area contributed by atoms with Gasteiger partial charge < -0.3 is 9.14 Å². The maximum atomic E-state index is 12.3. The summed E-state index contributed by atoms with van der Waals surface area (Å²) in [6.45, 7) is 0.0627. The number of halogens is 1. The molecule has 0 amide bonds. The van der Waals surface area contributed by atoms with Gasteiger partial charge in [-0.25, -0.2) is 14.5 Å². The summed E-state index contributed by atoms with van der Waals surface area (Å²) < 4.78 is 8.58. The van der Waals surface area contributed by atoms with Crippen LogP contribution in [0.4, 0.5) is 0 Å². The van der Waals surface area contributed by atoms with Crippen LogP contribution in [0.1, 0.15) is 16.1 Å². The van der Waals surface area contributed by atoms with Crippen molar-refractivity contribution in [2.75, 3.05) is 0 Å². The lowest BCUT2D eigenvalue weighted by molar-refractivity contribution is 0.0468. The number of carbonyl (C=O) groups is 1. The molecule has 3 heterocycles. The van der Waals surface area contributed by atoms with Crippen LogP contribution < -0.4 is 0 Å². The van der Waals surface area contributed by atoms with Crippen molar-refractivity contribution in [3.63, 3.8) is 0 Å². The van der Waals surface area contributed by atoms with Crippen molar-refractivity contribution in [1.82, 2.24) is 29.6 Å². The molecule has 0 aliphatic rings. The Balaban J connectivity index is 1.49. The topological polar surface area (TPSA) is 87.2 Å².